The predicted octanol–water partition coefficient (Wildman–Crippen LogP) is 5.53. The second kappa shape index (κ2) is 10.2. The van der Waals surface area contributed by atoms with Crippen molar-refractivity contribution in [3.05, 3.63) is 107 Å². The molecule has 4 aromatic rings. The number of hydrogen-bond donors (Lipinski definition) is 3. The number of aromatic hydroxyl groups is 1. The van der Waals surface area contributed by atoms with E-state index in [1.54, 1.807) is 55.5 Å². The van der Waals surface area contributed by atoms with Gasteiger partial charge in [-0.2, -0.15) is 5.10 Å². The average Bonchev–Trinajstić information content (AvgIpc) is 2.84. The molecule has 34 heavy (non-hydrogen) atoms. The molecule has 6 nitrogen and oxygen atoms in total. The van der Waals surface area contributed by atoms with Gasteiger partial charge in [-0.3, -0.25) is 9.59 Å². The Morgan fingerprint density at radius 3 is 2.50 bits per heavy atom. The van der Waals surface area contributed by atoms with Crippen molar-refractivity contribution >= 4 is 45.6 Å². The van der Waals surface area contributed by atoms with E-state index in [9.17, 15) is 14.7 Å². The molecule has 0 saturated carbocycles. The van der Waals surface area contributed by atoms with Crippen LogP contribution in [0.3, 0.4) is 0 Å². The second-order valence-corrected chi connectivity index (χ2v) is 8.19. The number of anilines is 1. The molecule has 0 bridgehead atoms. The minimum atomic E-state index is -0.513. The number of halogens is 1. The van der Waals surface area contributed by atoms with Crippen LogP contribution >= 0.6 is 11.6 Å². The molecule has 0 aliphatic rings. The van der Waals surface area contributed by atoms with Crippen LogP contribution < -0.4 is 10.7 Å². The molecule has 4 rings (SSSR count). The van der Waals surface area contributed by atoms with Crippen LogP contribution in [0.2, 0.25) is 5.02 Å². The summed E-state index contributed by atoms with van der Waals surface area (Å²) in [6.45, 7) is 1.75. The minimum absolute atomic E-state index is 0.116. The molecule has 0 spiro atoms. The van der Waals surface area contributed by atoms with E-state index in [1.165, 1.54) is 6.07 Å². The molecule has 0 aromatic heterocycles. The topological polar surface area (TPSA) is 90.8 Å². The summed E-state index contributed by atoms with van der Waals surface area (Å²) in [5.74, 6) is -0.788. The van der Waals surface area contributed by atoms with E-state index in [1.807, 2.05) is 30.3 Å². The van der Waals surface area contributed by atoms with Crippen molar-refractivity contribution in [2.24, 2.45) is 5.10 Å². The lowest BCUT2D eigenvalue weighted by molar-refractivity contribution is -0.115. The van der Waals surface area contributed by atoms with Crippen LogP contribution in [0.25, 0.3) is 10.8 Å². The van der Waals surface area contributed by atoms with Crippen LogP contribution in [0.15, 0.2) is 90.0 Å². The van der Waals surface area contributed by atoms with Gasteiger partial charge in [-0.05, 0) is 59.2 Å². The van der Waals surface area contributed by atoms with Gasteiger partial charge in [-0.15, -0.1) is 0 Å². The Kier molecular flexibility index (Phi) is 6.90. The third kappa shape index (κ3) is 5.42. The lowest BCUT2D eigenvalue weighted by Gasteiger charge is -2.09. The van der Waals surface area contributed by atoms with Crippen LogP contribution in [0.4, 0.5) is 5.69 Å². The highest BCUT2D eigenvalue weighted by Gasteiger charge is 2.15. The lowest BCUT2D eigenvalue weighted by Crippen LogP contribution is -2.20. The summed E-state index contributed by atoms with van der Waals surface area (Å²) in [4.78, 5) is 25.2. The zero-order valence-electron chi connectivity index (χ0n) is 18.4. The number of fused-ring (bicyclic) bond motifs is 1. The Morgan fingerprint density at radius 1 is 0.941 bits per heavy atom. The first-order valence-corrected chi connectivity index (χ1v) is 11.0. The van der Waals surface area contributed by atoms with Crippen molar-refractivity contribution < 1.29 is 14.7 Å². The molecule has 0 heterocycles. The highest BCUT2D eigenvalue weighted by Crippen LogP contribution is 2.27. The number of rotatable bonds is 6. The molecule has 2 amide bonds. The molecule has 0 unspecified atom stereocenters. The molecule has 3 N–H and O–H groups in total. The van der Waals surface area contributed by atoms with E-state index < -0.39 is 5.91 Å². The number of carbonyl (C=O) groups is 2. The van der Waals surface area contributed by atoms with E-state index in [0.29, 0.717) is 21.8 Å². The standard InChI is InChI=1S/C27H22ClN3O3/c1-17(30-31-27(34)26-23-8-3-2-5-19(23)11-14-24(26)32)20-6-4-7-22(16-20)29-25(33)15-18-9-12-21(28)13-10-18/h2-14,16,32H,15H2,1H3,(H,29,33)(H,31,34)/b30-17+. The van der Waals surface area contributed by atoms with Gasteiger partial charge in [0, 0.05) is 10.7 Å². The summed E-state index contributed by atoms with van der Waals surface area (Å²) in [7, 11) is 0. The summed E-state index contributed by atoms with van der Waals surface area (Å²) in [5, 5.41) is 19.4. The van der Waals surface area contributed by atoms with Gasteiger partial charge in [-0.25, -0.2) is 5.43 Å². The van der Waals surface area contributed by atoms with Crippen LogP contribution in [0.5, 0.6) is 5.75 Å². The maximum absolute atomic E-state index is 12.8. The summed E-state index contributed by atoms with van der Waals surface area (Å²) in [6, 6.07) is 24.9. The van der Waals surface area contributed by atoms with E-state index in [4.69, 9.17) is 11.6 Å². The Hall–Kier alpha value is -4.16. The van der Waals surface area contributed by atoms with Crippen LogP contribution in [-0.4, -0.2) is 22.6 Å². The molecular weight excluding hydrogens is 450 g/mol. The summed E-state index contributed by atoms with van der Waals surface area (Å²) < 4.78 is 0. The fraction of sp³-hybridized carbons (Fsp3) is 0.0741. The first kappa shape index (κ1) is 23.0. The van der Waals surface area contributed by atoms with Crippen LogP contribution in [-0.2, 0) is 11.2 Å². The monoisotopic (exact) mass is 471 g/mol. The molecular formula is C27H22ClN3O3. The van der Waals surface area contributed by atoms with Gasteiger partial charge in [0.25, 0.3) is 5.91 Å². The Labute approximate surface area is 201 Å². The highest BCUT2D eigenvalue weighted by atomic mass is 35.5. The van der Waals surface area contributed by atoms with Crippen LogP contribution in [0.1, 0.15) is 28.4 Å². The number of nitrogens with zero attached hydrogens (tertiary/aromatic N) is 1. The van der Waals surface area contributed by atoms with E-state index in [0.717, 1.165) is 16.5 Å². The van der Waals surface area contributed by atoms with E-state index >= 15 is 0 Å². The molecule has 0 aliphatic carbocycles. The molecule has 0 fully saturated rings. The quantitative estimate of drug-likeness (QED) is 0.255. The maximum Gasteiger partial charge on any atom is 0.275 e. The molecule has 4 aromatic carbocycles. The van der Waals surface area contributed by atoms with Crippen molar-refractivity contribution in [1.29, 1.82) is 0 Å². The van der Waals surface area contributed by atoms with E-state index in [-0.39, 0.29) is 23.6 Å². The summed E-state index contributed by atoms with van der Waals surface area (Å²) >= 11 is 5.89. The van der Waals surface area contributed by atoms with Gasteiger partial charge in [0.1, 0.15) is 5.75 Å². The van der Waals surface area contributed by atoms with Crippen molar-refractivity contribution in [2.75, 3.05) is 5.32 Å². The van der Waals surface area contributed by atoms with Crippen LogP contribution in [0, 0.1) is 0 Å². The molecule has 0 aliphatic heterocycles. The third-order valence-corrected chi connectivity index (χ3v) is 5.55. The number of carbonyl (C=O) groups excluding carboxylic acids is 2. The number of benzene rings is 4. The number of phenolic OH excluding ortho intramolecular Hbond substituents is 1. The highest BCUT2D eigenvalue weighted by molar-refractivity contribution is 6.30. The largest absolute Gasteiger partial charge is 0.507 e. The van der Waals surface area contributed by atoms with Crippen molar-refractivity contribution in [3.63, 3.8) is 0 Å². The van der Waals surface area contributed by atoms with Gasteiger partial charge in [0.05, 0.1) is 17.7 Å². The van der Waals surface area contributed by atoms with Crippen molar-refractivity contribution in [3.8, 4) is 5.75 Å². The Bertz CT molecular complexity index is 1400. The third-order valence-electron chi connectivity index (χ3n) is 5.30. The normalized spacial score (nSPS) is 11.3. The molecule has 170 valence electrons. The van der Waals surface area contributed by atoms with Crippen molar-refractivity contribution in [1.82, 2.24) is 5.43 Å². The zero-order chi connectivity index (χ0) is 24.1. The SMILES string of the molecule is C/C(=N\NC(=O)c1c(O)ccc2ccccc12)c1cccc(NC(=O)Cc2ccc(Cl)cc2)c1. The smallest absolute Gasteiger partial charge is 0.275 e. The predicted molar refractivity (Wildman–Crippen MR) is 136 cm³/mol. The average molecular weight is 472 g/mol. The van der Waals surface area contributed by atoms with Gasteiger partial charge in [-0.1, -0.05) is 66.2 Å². The summed E-state index contributed by atoms with van der Waals surface area (Å²) in [5.41, 5.74) is 5.43. The summed E-state index contributed by atoms with van der Waals surface area (Å²) in [6.07, 6.45) is 0.221. The van der Waals surface area contributed by atoms with Gasteiger partial charge in [0.15, 0.2) is 0 Å². The van der Waals surface area contributed by atoms with E-state index in [2.05, 4.69) is 15.8 Å². The number of phenols is 1. The zero-order valence-corrected chi connectivity index (χ0v) is 19.1. The molecule has 0 radical (unpaired) electrons. The molecule has 7 heteroatoms. The number of nitrogens with one attached hydrogen (secondary N) is 2. The fourth-order valence-electron chi connectivity index (χ4n) is 3.57. The molecule has 0 saturated heterocycles. The Balaban J connectivity index is 1.46. The molecule has 0 atom stereocenters. The maximum atomic E-state index is 12.8. The number of amides is 2. The van der Waals surface area contributed by atoms with Crippen molar-refractivity contribution in [2.45, 2.75) is 13.3 Å². The van der Waals surface area contributed by atoms with Gasteiger partial charge in [0.2, 0.25) is 5.91 Å². The van der Waals surface area contributed by atoms with Gasteiger partial charge < -0.3 is 10.4 Å². The van der Waals surface area contributed by atoms with Gasteiger partial charge >= 0.3 is 0 Å². The first-order valence-electron chi connectivity index (χ1n) is 10.6. The number of hydrazone groups is 1. The minimum Gasteiger partial charge on any atom is -0.507 e. The Morgan fingerprint density at radius 2 is 1.71 bits per heavy atom. The number of hydrogen-bond acceptors (Lipinski definition) is 4. The second-order valence-electron chi connectivity index (χ2n) is 7.75. The fourth-order valence-corrected chi connectivity index (χ4v) is 3.69. The lowest BCUT2D eigenvalue weighted by atomic mass is 10.0. The first-order chi connectivity index (χ1) is 16.4.